The molecule has 0 atom stereocenters. The lowest BCUT2D eigenvalue weighted by molar-refractivity contribution is 0.0931. The molecule has 0 saturated heterocycles. The Labute approximate surface area is 140 Å². The second-order valence-electron chi connectivity index (χ2n) is 5.34. The summed E-state index contributed by atoms with van der Waals surface area (Å²) < 4.78 is 14.3. The first-order valence-electron chi connectivity index (χ1n) is 7.55. The van der Waals surface area contributed by atoms with Crippen molar-refractivity contribution in [1.29, 1.82) is 0 Å². The molecule has 2 rings (SSSR count). The van der Waals surface area contributed by atoms with Crippen LogP contribution in [0.1, 0.15) is 37.0 Å². The minimum Gasteiger partial charge on any atom is -0.507 e. The van der Waals surface area contributed by atoms with E-state index in [0.29, 0.717) is 16.1 Å². The third-order valence-electron chi connectivity index (χ3n) is 3.80. The van der Waals surface area contributed by atoms with E-state index in [-0.39, 0.29) is 17.4 Å². The molecule has 0 fully saturated rings. The summed E-state index contributed by atoms with van der Waals surface area (Å²) in [5.74, 6) is -1.06. The fourth-order valence-corrected chi connectivity index (χ4v) is 2.53. The van der Waals surface area contributed by atoms with Gasteiger partial charge < -0.3 is 10.4 Å². The third kappa shape index (κ3) is 4.02. The summed E-state index contributed by atoms with van der Waals surface area (Å²) >= 11 is 5.91. The molecule has 0 aliphatic carbocycles. The molecule has 0 radical (unpaired) electrons. The van der Waals surface area contributed by atoms with E-state index in [0.717, 1.165) is 12.8 Å². The fourth-order valence-electron chi connectivity index (χ4n) is 2.36. The van der Waals surface area contributed by atoms with Gasteiger partial charge in [-0.3, -0.25) is 4.79 Å². The summed E-state index contributed by atoms with van der Waals surface area (Å²) in [6.45, 7) is 3.94. The van der Waals surface area contributed by atoms with Crippen LogP contribution in [0.3, 0.4) is 0 Å². The van der Waals surface area contributed by atoms with E-state index in [2.05, 4.69) is 5.32 Å². The van der Waals surface area contributed by atoms with Crippen molar-refractivity contribution in [1.82, 2.24) is 5.32 Å². The minimum absolute atomic E-state index is 0.00281. The number of carbonyl (C=O) groups is 1. The van der Waals surface area contributed by atoms with E-state index in [1.54, 1.807) is 18.2 Å². The SMILES string of the molecule is CCC(CC)NC(=O)c1ccc(-c2cc(Cl)ccc2O)cc1F. The van der Waals surface area contributed by atoms with E-state index in [4.69, 9.17) is 11.6 Å². The van der Waals surface area contributed by atoms with Crippen molar-refractivity contribution < 1.29 is 14.3 Å². The number of benzene rings is 2. The molecule has 2 aromatic carbocycles. The van der Waals surface area contributed by atoms with E-state index < -0.39 is 11.7 Å². The number of phenolic OH excluding ortho intramolecular Hbond substituents is 1. The van der Waals surface area contributed by atoms with Crippen LogP contribution in [0.2, 0.25) is 5.02 Å². The first-order valence-corrected chi connectivity index (χ1v) is 7.93. The van der Waals surface area contributed by atoms with Crippen molar-refractivity contribution in [3.8, 4) is 16.9 Å². The molecule has 0 aromatic heterocycles. The second-order valence-corrected chi connectivity index (χ2v) is 5.78. The van der Waals surface area contributed by atoms with Crippen LogP contribution >= 0.6 is 11.6 Å². The predicted octanol–water partition coefficient (Wildman–Crippen LogP) is 4.77. The summed E-state index contributed by atoms with van der Waals surface area (Å²) in [6.07, 6.45) is 1.58. The molecule has 2 N–H and O–H groups in total. The number of carbonyl (C=O) groups excluding carboxylic acids is 1. The van der Waals surface area contributed by atoms with E-state index in [1.165, 1.54) is 18.2 Å². The molecule has 0 saturated carbocycles. The lowest BCUT2D eigenvalue weighted by Gasteiger charge is -2.15. The molecule has 3 nitrogen and oxygen atoms in total. The van der Waals surface area contributed by atoms with Crippen LogP contribution in [0.25, 0.3) is 11.1 Å². The van der Waals surface area contributed by atoms with Crippen molar-refractivity contribution in [2.75, 3.05) is 0 Å². The second kappa shape index (κ2) is 7.47. The molecule has 0 spiro atoms. The van der Waals surface area contributed by atoms with Crippen LogP contribution < -0.4 is 5.32 Å². The standard InChI is InChI=1S/C18H19ClFNO2/c1-3-13(4-2)21-18(23)14-7-5-11(9-16(14)20)15-10-12(19)6-8-17(15)22/h5-10,13,22H,3-4H2,1-2H3,(H,21,23). The zero-order chi connectivity index (χ0) is 17.0. The highest BCUT2D eigenvalue weighted by Gasteiger charge is 2.16. The average molecular weight is 336 g/mol. The minimum atomic E-state index is -0.634. The largest absolute Gasteiger partial charge is 0.507 e. The Morgan fingerprint density at radius 2 is 1.91 bits per heavy atom. The van der Waals surface area contributed by atoms with Gasteiger partial charge in [-0.2, -0.15) is 0 Å². The quantitative estimate of drug-likeness (QED) is 0.826. The molecule has 0 aliphatic rings. The predicted molar refractivity (Wildman–Crippen MR) is 90.3 cm³/mol. The van der Waals surface area contributed by atoms with Gasteiger partial charge in [-0.1, -0.05) is 31.5 Å². The van der Waals surface area contributed by atoms with Gasteiger partial charge in [0.05, 0.1) is 5.56 Å². The van der Waals surface area contributed by atoms with Gasteiger partial charge in [-0.05, 0) is 48.7 Å². The number of rotatable bonds is 5. The van der Waals surface area contributed by atoms with Crippen LogP contribution in [0.4, 0.5) is 4.39 Å². The maximum absolute atomic E-state index is 14.3. The summed E-state index contributed by atoms with van der Waals surface area (Å²) in [5, 5.41) is 13.1. The molecule has 122 valence electrons. The number of aromatic hydroxyl groups is 1. The number of hydrogen-bond donors (Lipinski definition) is 2. The molecule has 2 aromatic rings. The highest BCUT2D eigenvalue weighted by atomic mass is 35.5. The van der Waals surface area contributed by atoms with E-state index in [9.17, 15) is 14.3 Å². The zero-order valence-electron chi connectivity index (χ0n) is 13.1. The van der Waals surface area contributed by atoms with Gasteiger partial charge in [0, 0.05) is 16.6 Å². The highest BCUT2D eigenvalue weighted by molar-refractivity contribution is 6.31. The summed E-state index contributed by atoms with van der Waals surface area (Å²) in [4.78, 5) is 12.1. The van der Waals surface area contributed by atoms with Crippen molar-refractivity contribution >= 4 is 17.5 Å². The van der Waals surface area contributed by atoms with Gasteiger partial charge in [-0.15, -0.1) is 0 Å². The first-order chi connectivity index (χ1) is 11.0. The van der Waals surface area contributed by atoms with Gasteiger partial charge in [-0.25, -0.2) is 4.39 Å². The van der Waals surface area contributed by atoms with Gasteiger partial charge in [0.2, 0.25) is 0 Å². The van der Waals surface area contributed by atoms with Crippen molar-refractivity contribution in [2.24, 2.45) is 0 Å². The maximum atomic E-state index is 14.3. The van der Waals surface area contributed by atoms with Crippen molar-refractivity contribution in [2.45, 2.75) is 32.7 Å². The lowest BCUT2D eigenvalue weighted by Crippen LogP contribution is -2.34. The Hall–Kier alpha value is -2.07. The van der Waals surface area contributed by atoms with Gasteiger partial charge in [0.25, 0.3) is 5.91 Å². The monoisotopic (exact) mass is 335 g/mol. The van der Waals surface area contributed by atoms with E-state index in [1.807, 2.05) is 13.8 Å². The number of nitrogens with one attached hydrogen (secondary N) is 1. The van der Waals surface area contributed by atoms with Crippen LogP contribution in [0.15, 0.2) is 36.4 Å². The molecule has 0 aliphatic heterocycles. The van der Waals surface area contributed by atoms with Gasteiger partial charge in [0.15, 0.2) is 0 Å². The topological polar surface area (TPSA) is 49.3 Å². The van der Waals surface area contributed by atoms with E-state index >= 15 is 0 Å². The lowest BCUT2D eigenvalue weighted by atomic mass is 10.0. The average Bonchev–Trinajstić information content (AvgIpc) is 2.54. The van der Waals surface area contributed by atoms with Crippen LogP contribution in [0, 0.1) is 5.82 Å². The number of phenols is 1. The summed E-state index contributed by atoms with van der Waals surface area (Å²) in [7, 11) is 0. The van der Waals surface area contributed by atoms with Crippen LogP contribution in [-0.2, 0) is 0 Å². The Bertz CT molecular complexity index is 714. The van der Waals surface area contributed by atoms with Crippen LogP contribution in [0.5, 0.6) is 5.75 Å². The van der Waals surface area contributed by atoms with Crippen molar-refractivity contribution in [3.63, 3.8) is 0 Å². The Morgan fingerprint density at radius 3 is 2.52 bits per heavy atom. The molecular formula is C18H19ClFNO2. The first kappa shape index (κ1) is 17.3. The normalized spacial score (nSPS) is 10.8. The summed E-state index contributed by atoms with van der Waals surface area (Å²) in [6, 6.07) is 8.82. The molecule has 0 bridgehead atoms. The third-order valence-corrected chi connectivity index (χ3v) is 4.04. The number of amides is 1. The number of hydrogen-bond acceptors (Lipinski definition) is 2. The molecule has 0 unspecified atom stereocenters. The molecule has 0 heterocycles. The smallest absolute Gasteiger partial charge is 0.254 e. The van der Waals surface area contributed by atoms with Crippen LogP contribution in [-0.4, -0.2) is 17.1 Å². The summed E-state index contributed by atoms with van der Waals surface area (Å²) in [5.41, 5.74) is 0.868. The number of halogens is 2. The maximum Gasteiger partial charge on any atom is 0.254 e. The Morgan fingerprint density at radius 1 is 1.22 bits per heavy atom. The highest BCUT2D eigenvalue weighted by Crippen LogP contribution is 2.32. The molecule has 1 amide bonds. The molecular weight excluding hydrogens is 317 g/mol. The molecule has 5 heteroatoms. The van der Waals surface area contributed by atoms with Gasteiger partial charge in [0.1, 0.15) is 11.6 Å². The Kier molecular flexibility index (Phi) is 5.61. The fraction of sp³-hybridized carbons (Fsp3) is 0.278. The Balaban J connectivity index is 2.31. The van der Waals surface area contributed by atoms with Gasteiger partial charge >= 0.3 is 0 Å². The molecule has 23 heavy (non-hydrogen) atoms. The van der Waals surface area contributed by atoms with Crippen molar-refractivity contribution in [3.05, 3.63) is 52.8 Å². The zero-order valence-corrected chi connectivity index (χ0v) is 13.8.